The van der Waals surface area contributed by atoms with Gasteiger partial charge in [0.2, 0.25) is 5.91 Å². The Bertz CT molecular complexity index is 979. The fourth-order valence-corrected chi connectivity index (χ4v) is 3.44. The summed E-state index contributed by atoms with van der Waals surface area (Å²) in [6, 6.07) is 14.3. The zero-order valence-electron chi connectivity index (χ0n) is 16.9. The number of aromatic nitrogens is 2. The Morgan fingerprint density at radius 3 is 2.30 bits per heavy atom. The van der Waals surface area contributed by atoms with Crippen LogP contribution in [0.3, 0.4) is 0 Å². The molecule has 0 spiro atoms. The van der Waals surface area contributed by atoms with Gasteiger partial charge in [-0.05, 0) is 30.5 Å². The van der Waals surface area contributed by atoms with Crippen molar-refractivity contribution in [2.24, 2.45) is 0 Å². The van der Waals surface area contributed by atoms with Gasteiger partial charge in [0.1, 0.15) is 5.69 Å². The average molecular weight is 415 g/mol. The molecule has 1 atom stereocenters. The Morgan fingerprint density at radius 1 is 1.07 bits per heavy atom. The van der Waals surface area contributed by atoms with Crippen LogP contribution in [0.2, 0.25) is 0 Å². The van der Waals surface area contributed by atoms with E-state index in [0.29, 0.717) is 29.8 Å². The zero-order valence-corrected chi connectivity index (χ0v) is 16.9. The van der Waals surface area contributed by atoms with Gasteiger partial charge in [-0.1, -0.05) is 62.7 Å². The highest BCUT2D eigenvalue weighted by Gasteiger charge is 2.30. The smallest absolute Gasteiger partial charge is 0.322 e. The minimum absolute atomic E-state index is 0.171. The highest BCUT2D eigenvalue weighted by molar-refractivity contribution is 5.99. The molecule has 3 rings (SSSR count). The second kappa shape index (κ2) is 9.15. The molecular formula is C23H24F3N3O. The number of carbonyl (C=O) groups excluding carboxylic acids is 1. The van der Waals surface area contributed by atoms with E-state index in [1.165, 1.54) is 12.1 Å². The summed E-state index contributed by atoms with van der Waals surface area (Å²) in [4.78, 5) is 13.1. The van der Waals surface area contributed by atoms with Crippen LogP contribution >= 0.6 is 0 Å². The molecule has 2 N–H and O–H groups in total. The van der Waals surface area contributed by atoms with Crippen LogP contribution in [-0.4, -0.2) is 16.1 Å². The largest absolute Gasteiger partial charge is 0.416 e. The van der Waals surface area contributed by atoms with Gasteiger partial charge in [-0.15, -0.1) is 0 Å². The van der Waals surface area contributed by atoms with Crippen molar-refractivity contribution in [3.63, 3.8) is 0 Å². The Morgan fingerprint density at radius 2 is 1.73 bits per heavy atom. The summed E-state index contributed by atoms with van der Waals surface area (Å²) in [6.45, 7) is 3.94. The minimum Gasteiger partial charge on any atom is -0.322 e. The SMILES string of the molecule is CCCc1[nH]nc(-c2ccc(C(F)(F)F)cc2)c1NC(=O)C(CC)c1ccccc1. The number of halogens is 3. The number of alkyl halides is 3. The Hall–Kier alpha value is -3.09. The first-order valence-electron chi connectivity index (χ1n) is 9.95. The monoisotopic (exact) mass is 415 g/mol. The van der Waals surface area contributed by atoms with Crippen molar-refractivity contribution >= 4 is 11.6 Å². The number of anilines is 1. The number of carbonyl (C=O) groups is 1. The highest BCUT2D eigenvalue weighted by Crippen LogP contribution is 2.34. The second-order valence-electron chi connectivity index (χ2n) is 7.11. The van der Waals surface area contributed by atoms with Crippen molar-refractivity contribution in [3.8, 4) is 11.3 Å². The van der Waals surface area contributed by atoms with Gasteiger partial charge in [0.05, 0.1) is 22.9 Å². The number of benzene rings is 2. The van der Waals surface area contributed by atoms with Gasteiger partial charge in [-0.25, -0.2) is 0 Å². The molecule has 0 aliphatic heterocycles. The maximum absolute atomic E-state index is 13.1. The molecule has 30 heavy (non-hydrogen) atoms. The Labute approximate surface area is 173 Å². The van der Waals surface area contributed by atoms with Crippen LogP contribution in [-0.2, 0) is 17.4 Å². The third-order valence-corrected chi connectivity index (χ3v) is 5.00. The number of aromatic amines is 1. The number of nitrogens with one attached hydrogen (secondary N) is 2. The predicted molar refractivity (Wildman–Crippen MR) is 111 cm³/mol. The normalized spacial score (nSPS) is 12.6. The number of aryl methyl sites for hydroxylation is 1. The van der Waals surface area contributed by atoms with E-state index in [1.54, 1.807) is 0 Å². The van der Waals surface area contributed by atoms with E-state index in [-0.39, 0.29) is 11.8 Å². The third-order valence-electron chi connectivity index (χ3n) is 5.00. The van der Waals surface area contributed by atoms with E-state index >= 15 is 0 Å². The maximum atomic E-state index is 13.1. The summed E-state index contributed by atoms with van der Waals surface area (Å²) >= 11 is 0. The quantitative estimate of drug-likeness (QED) is 0.484. The molecule has 0 saturated carbocycles. The first kappa shape index (κ1) is 21.6. The molecule has 3 aromatic rings. The first-order chi connectivity index (χ1) is 14.3. The molecule has 0 aliphatic rings. The zero-order chi connectivity index (χ0) is 21.7. The van der Waals surface area contributed by atoms with Crippen LogP contribution in [0.5, 0.6) is 0 Å². The molecule has 0 radical (unpaired) electrons. The first-order valence-corrected chi connectivity index (χ1v) is 9.95. The summed E-state index contributed by atoms with van der Waals surface area (Å²) in [5.74, 6) is -0.508. The van der Waals surface area contributed by atoms with Crippen molar-refractivity contribution in [2.75, 3.05) is 5.32 Å². The number of hydrogen-bond acceptors (Lipinski definition) is 2. The average Bonchev–Trinajstić information content (AvgIpc) is 3.11. The number of amides is 1. The third kappa shape index (κ3) is 4.72. The summed E-state index contributed by atoms with van der Waals surface area (Å²) < 4.78 is 38.7. The topological polar surface area (TPSA) is 57.8 Å². The minimum atomic E-state index is -4.40. The lowest BCUT2D eigenvalue weighted by molar-refractivity contribution is -0.137. The van der Waals surface area contributed by atoms with Gasteiger partial charge in [0.25, 0.3) is 0 Å². The Balaban J connectivity index is 1.93. The van der Waals surface area contributed by atoms with Gasteiger partial charge in [0.15, 0.2) is 0 Å². The fraction of sp³-hybridized carbons (Fsp3) is 0.304. The number of hydrogen-bond donors (Lipinski definition) is 2. The lowest BCUT2D eigenvalue weighted by Crippen LogP contribution is -2.21. The van der Waals surface area contributed by atoms with E-state index in [0.717, 1.165) is 29.8 Å². The molecule has 158 valence electrons. The van der Waals surface area contributed by atoms with E-state index in [4.69, 9.17) is 0 Å². The van der Waals surface area contributed by atoms with Crippen LogP contribution < -0.4 is 5.32 Å². The lowest BCUT2D eigenvalue weighted by atomic mass is 9.95. The molecule has 2 aromatic carbocycles. The molecule has 1 heterocycles. The number of H-pyrrole nitrogens is 1. The Kier molecular flexibility index (Phi) is 6.59. The van der Waals surface area contributed by atoms with Gasteiger partial charge in [-0.2, -0.15) is 18.3 Å². The number of nitrogens with zero attached hydrogens (tertiary/aromatic N) is 1. The van der Waals surface area contributed by atoms with E-state index < -0.39 is 11.7 Å². The molecule has 7 heteroatoms. The van der Waals surface area contributed by atoms with E-state index in [1.807, 2.05) is 44.2 Å². The molecule has 1 amide bonds. The fourth-order valence-electron chi connectivity index (χ4n) is 3.44. The van der Waals surface area contributed by atoms with Crippen LogP contribution in [0.15, 0.2) is 54.6 Å². The summed E-state index contributed by atoms with van der Waals surface area (Å²) in [6.07, 6.45) is -2.30. The molecule has 1 aromatic heterocycles. The van der Waals surface area contributed by atoms with E-state index in [2.05, 4.69) is 15.5 Å². The summed E-state index contributed by atoms with van der Waals surface area (Å²) in [5.41, 5.74) is 2.40. The molecular weight excluding hydrogens is 391 g/mol. The molecule has 1 unspecified atom stereocenters. The summed E-state index contributed by atoms with van der Waals surface area (Å²) in [5, 5.41) is 10.2. The summed E-state index contributed by atoms with van der Waals surface area (Å²) in [7, 11) is 0. The highest BCUT2D eigenvalue weighted by atomic mass is 19.4. The van der Waals surface area contributed by atoms with Crippen LogP contribution in [0.1, 0.15) is 49.4 Å². The van der Waals surface area contributed by atoms with Crippen molar-refractivity contribution in [3.05, 3.63) is 71.4 Å². The lowest BCUT2D eigenvalue weighted by Gasteiger charge is -2.16. The van der Waals surface area contributed by atoms with Crippen molar-refractivity contribution < 1.29 is 18.0 Å². The van der Waals surface area contributed by atoms with Crippen LogP contribution in [0, 0.1) is 0 Å². The predicted octanol–water partition coefficient (Wildman–Crippen LogP) is 6.18. The second-order valence-corrected chi connectivity index (χ2v) is 7.11. The molecule has 0 fully saturated rings. The molecule has 0 aliphatic carbocycles. The molecule has 0 bridgehead atoms. The van der Waals surface area contributed by atoms with Gasteiger partial charge in [0, 0.05) is 5.56 Å². The van der Waals surface area contributed by atoms with Crippen LogP contribution in [0.25, 0.3) is 11.3 Å². The van der Waals surface area contributed by atoms with E-state index in [9.17, 15) is 18.0 Å². The van der Waals surface area contributed by atoms with Gasteiger partial charge >= 0.3 is 6.18 Å². The van der Waals surface area contributed by atoms with Gasteiger partial charge in [-0.3, -0.25) is 9.89 Å². The van der Waals surface area contributed by atoms with Crippen molar-refractivity contribution in [2.45, 2.75) is 45.2 Å². The van der Waals surface area contributed by atoms with Crippen molar-refractivity contribution in [1.82, 2.24) is 10.2 Å². The van der Waals surface area contributed by atoms with Crippen LogP contribution in [0.4, 0.5) is 18.9 Å². The number of rotatable bonds is 7. The molecule has 0 saturated heterocycles. The maximum Gasteiger partial charge on any atom is 0.416 e. The molecule has 4 nitrogen and oxygen atoms in total. The van der Waals surface area contributed by atoms with Gasteiger partial charge < -0.3 is 5.32 Å². The van der Waals surface area contributed by atoms with Crippen molar-refractivity contribution in [1.29, 1.82) is 0 Å². The standard InChI is InChI=1S/C23H24F3N3O/c1-3-8-19-21(27-22(30)18(4-2)15-9-6-5-7-10-15)20(29-28-19)16-11-13-17(14-12-16)23(24,25)26/h5-7,9-14,18H,3-4,8H2,1-2H3,(H,27,30)(H,28,29).